The van der Waals surface area contributed by atoms with E-state index in [1.165, 1.54) is 88.0 Å². The minimum absolute atomic E-state index is 0.232. The van der Waals surface area contributed by atoms with Gasteiger partial charge in [0.05, 0.1) is 34.1 Å². The smallest absolute Gasteiger partial charge is 0.137 e. The zero-order chi connectivity index (χ0) is 47.3. The molecule has 10 aromatic carbocycles. The molecule has 5 heterocycles. The monoisotopic (exact) mass is 910 g/mol. The number of para-hydroxylation sites is 2. The SMILES string of the molecule is CC1(C)c2ccccc2N(c2ccc3c4cccc5c(N6c7ccc(-c8cccnc8)cc7C(C)(C)c7cc8c(cc76)oc6ccccc68)ccc(c6cccc2c36)c54)c2ccc(-c3cccnc3)cc21. The molecule has 13 aromatic rings. The maximum Gasteiger partial charge on any atom is 0.137 e. The van der Waals surface area contributed by atoms with Gasteiger partial charge in [0.25, 0.3) is 0 Å². The van der Waals surface area contributed by atoms with Gasteiger partial charge in [-0.2, -0.15) is 0 Å². The average molecular weight is 911 g/mol. The molecule has 0 saturated carbocycles. The number of hydrogen-bond acceptors (Lipinski definition) is 5. The molecule has 0 unspecified atom stereocenters. The Bertz CT molecular complexity index is 4340. The van der Waals surface area contributed by atoms with Crippen LogP contribution in [0.4, 0.5) is 34.1 Å². The minimum Gasteiger partial charge on any atom is -0.456 e. The highest BCUT2D eigenvalue weighted by atomic mass is 16.3. The molecule has 3 aromatic heterocycles. The van der Waals surface area contributed by atoms with Gasteiger partial charge in [-0.05, 0) is 144 Å². The number of furan rings is 1. The molecule has 71 heavy (non-hydrogen) atoms. The normalized spacial score (nSPS) is 14.6. The van der Waals surface area contributed by atoms with E-state index in [2.05, 4.69) is 217 Å². The van der Waals surface area contributed by atoms with Crippen molar-refractivity contribution < 1.29 is 4.42 Å². The molecule has 0 N–H and O–H groups in total. The lowest BCUT2D eigenvalue weighted by Gasteiger charge is -2.43. The zero-order valence-electron chi connectivity index (χ0n) is 39.8. The Morgan fingerprint density at radius 3 is 1.41 bits per heavy atom. The highest BCUT2D eigenvalue weighted by Gasteiger charge is 2.40. The fourth-order valence-electron chi connectivity index (χ4n) is 12.7. The van der Waals surface area contributed by atoms with Gasteiger partial charge in [0.2, 0.25) is 0 Å². The maximum atomic E-state index is 6.65. The molecule has 0 bridgehead atoms. The fourth-order valence-corrected chi connectivity index (χ4v) is 12.7. The van der Waals surface area contributed by atoms with Crippen LogP contribution in [-0.4, -0.2) is 9.97 Å². The van der Waals surface area contributed by atoms with Gasteiger partial charge in [0, 0.05) is 63.2 Å². The second-order valence-corrected chi connectivity index (χ2v) is 20.6. The maximum absolute atomic E-state index is 6.65. The number of nitrogens with zero attached hydrogens (tertiary/aromatic N) is 4. The van der Waals surface area contributed by atoms with E-state index >= 15 is 0 Å². The van der Waals surface area contributed by atoms with Crippen LogP contribution < -0.4 is 9.80 Å². The first-order chi connectivity index (χ1) is 34.7. The average Bonchev–Trinajstić information content (AvgIpc) is 3.78. The molecule has 0 saturated heterocycles. The lowest BCUT2D eigenvalue weighted by atomic mass is 9.72. The topological polar surface area (TPSA) is 45.4 Å². The summed E-state index contributed by atoms with van der Waals surface area (Å²) < 4.78 is 6.65. The van der Waals surface area contributed by atoms with E-state index in [9.17, 15) is 0 Å². The van der Waals surface area contributed by atoms with Gasteiger partial charge in [0.1, 0.15) is 11.2 Å². The Morgan fingerprint density at radius 1 is 0.324 bits per heavy atom. The predicted molar refractivity (Wildman–Crippen MR) is 295 cm³/mol. The van der Waals surface area contributed by atoms with Gasteiger partial charge >= 0.3 is 0 Å². The number of fused-ring (bicyclic) bond motifs is 9. The third kappa shape index (κ3) is 5.52. The summed E-state index contributed by atoms with van der Waals surface area (Å²) in [7, 11) is 0. The molecule has 5 heteroatoms. The molecule has 2 aliphatic heterocycles. The highest BCUT2D eigenvalue weighted by Crippen LogP contribution is 2.58. The molecule has 0 amide bonds. The lowest BCUT2D eigenvalue weighted by molar-refractivity contribution is 0.631. The summed E-state index contributed by atoms with van der Waals surface area (Å²) in [6.07, 6.45) is 7.60. The van der Waals surface area contributed by atoms with Gasteiger partial charge in [-0.15, -0.1) is 0 Å². The highest BCUT2D eigenvalue weighted by molar-refractivity contribution is 6.35. The quantitative estimate of drug-likeness (QED) is 0.130. The molecule has 0 spiro atoms. The second-order valence-electron chi connectivity index (χ2n) is 20.6. The van der Waals surface area contributed by atoms with Crippen molar-refractivity contribution in [3.8, 4) is 22.3 Å². The Balaban J connectivity index is 0.963. The fraction of sp³-hybridized carbons (Fsp3) is 0.0909. The van der Waals surface area contributed by atoms with Crippen molar-refractivity contribution in [3.05, 3.63) is 229 Å². The standard InChI is InChI=1S/C66H46N4O/c1-65(2)51-20-6-7-21-57(51)69(58-27-23-39(33-52(58)65)41-13-11-31-67-37-41)55-29-25-46-45-17-10-19-49-56(30-26-47(64(45)49)44-16-9-18-48(55)63(44)46)70-59-28-24-40(42-14-12-32-68-38-42)34-53(59)66(3,4)54-35-50-43-15-5-8-22-61(43)71-62(50)36-60(54)70/h5-38H,1-4H3. The third-order valence-corrected chi connectivity index (χ3v) is 16.1. The molecule has 0 aliphatic carbocycles. The number of anilines is 6. The molecule has 0 fully saturated rings. The summed E-state index contributed by atoms with van der Waals surface area (Å²) in [4.78, 5) is 14.0. The summed E-state index contributed by atoms with van der Waals surface area (Å²) >= 11 is 0. The number of rotatable bonds is 4. The first-order valence-electron chi connectivity index (χ1n) is 24.6. The van der Waals surface area contributed by atoms with E-state index in [1.807, 2.05) is 36.9 Å². The van der Waals surface area contributed by atoms with Crippen LogP contribution in [0.1, 0.15) is 49.9 Å². The van der Waals surface area contributed by atoms with E-state index in [0.29, 0.717) is 0 Å². The molecule has 0 atom stereocenters. The molecule has 2 aliphatic rings. The Hall–Kier alpha value is -8.80. The number of pyridine rings is 2. The molecular weight excluding hydrogens is 865 g/mol. The van der Waals surface area contributed by atoms with E-state index in [1.54, 1.807) is 0 Å². The van der Waals surface area contributed by atoms with Gasteiger partial charge in [0.15, 0.2) is 0 Å². The van der Waals surface area contributed by atoms with Crippen molar-refractivity contribution >= 4 is 99.2 Å². The van der Waals surface area contributed by atoms with Crippen LogP contribution in [0.25, 0.3) is 87.3 Å². The van der Waals surface area contributed by atoms with Gasteiger partial charge in [-0.1, -0.05) is 137 Å². The number of aromatic nitrogens is 2. The van der Waals surface area contributed by atoms with Crippen LogP contribution >= 0.6 is 0 Å². The van der Waals surface area contributed by atoms with Crippen LogP contribution in [0.15, 0.2) is 211 Å². The number of benzene rings is 10. The van der Waals surface area contributed by atoms with Crippen LogP contribution in [-0.2, 0) is 10.8 Å². The first kappa shape index (κ1) is 40.1. The third-order valence-electron chi connectivity index (χ3n) is 16.1. The Morgan fingerprint density at radius 2 is 0.803 bits per heavy atom. The summed E-state index contributed by atoms with van der Waals surface area (Å²) in [5, 5.41) is 12.2. The van der Waals surface area contributed by atoms with Crippen molar-refractivity contribution in [1.82, 2.24) is 9.97 Å². The largest absolute Gasteiger partial charge is 0.456 e. The summed E-state index contributed by atoms with van der Waals surface area (Å²) in [5.41, 5.74) is 17.9. The van der Waals surface area contributed by atoms with E-state index in [4.69, 9.17) is 4.42 Å². The van der Waals surface area contributed by atoms with Crippen molar-refractivity contribution in [2.24, 2.45) is 0 Å². The first-order valence-corrected chi connectivity index (χ1v) is 24.6. The van der Waals surface area contributed by atoms with E-state index in [0.717, 1.165) is 55.7 Å². The van der Waals surface area contributed by atoms with Crippen molar-refractivity contribution in [2.45, 2.75) is 38.5 Å². The van der Waals surface area contributed by atoms with Crippen molar-refractivity contribution in [1.29, 1.82) is 0 Å². The summed E-state index contributed by atoms with van der Waals surface area (Å²) in [6, 6.07) is 67.6. The zero-order valence-corrected chi connectivity index (χ0v) is 39.8. The van der Waals surface area contributed by atoms with Crippen molar-refractivity contribution in [2.75, 3.05) is 9.80 Å². The van der Waals surface area contributed by atoms with E-state index in [-0.39, 0.29) is 10.8 Å². The van der Waals surface area contributed by atoms with Gasteiger partial charge in [-0.25, -0.2) is 0 Å². The van der Waals surface area contributed by atoms with Crippen LogP contribution in [0.5, 0.6) is 0 Å². The van der Waals surface area contributed by atoms with Crippen LogP contribution in [0, 0.1) is 0 Å². The van der Waals surface area contributed by atoms with E-state index < -0.39 is 0 Å². The summed E-state index contributed by atoms with van der Waals surface area (Å²) in [5.74, 6) is 0. The molecule has 336 valence electrons. The second kappa shape index (κ2) is 14.4. The number of hydrogen-bond donors (Lipinski definition) is 0. The van der Waals surface area contributed by atoms with Crippen LogP contribution in [0.2, 0.25) is 0 Å². The Kier molecular flexibility index (Phi) is 8.13. The van der Waals surface area contributed by atoms with Gasteiger partial charge in [-0.3, -0.25) is 9.97 Å². The minimum atomic E-state index is -0.336. The molecule has 0 radical (unpaired) electrons. The predicted octanol–water partition coefficient (Wildman–Crippen LogP) is 18.0. The van der Waals surface area contributed by atoms with Crippen molar-refractivity contribution in [3.63, 3.8) is 0 Å². The Labute approximate surface area is 411 Å². The van der Waals surface area contributed by atoms with Gasteiger partial charge < -0.3 is 14.2 Å². The molecule has 15 rings (SSSR count). The molecule has 5 nitrogen and oxygen atoms in total. The summed E-state index contributed by atoms with van der Waals surface area (Å²) in [6.45, 7) is 9.46. The van der Waals surface area contributed by atoms with Crippen LogP contribution in [0.3, 0.4) is 0 Å². The lowest BCUT2D eigenvalue weighted by Crippen LogP contribution is -2.30. The molecular formula is C66H46N4O.